The second kappa shape index (κ2) is 4.08. The van der Waals surface area contributed by atoms with Gasteiger partial charge in [0, 0.05) is 12.6 Å². The van der Waals surface area contributed by atoms with Crippen LogP contribution in [0.15, 0.2) is 0 Å². The van der Waals surface area contributed by atoms with E-state index in [0.717, 1.165) is 6.54 Å². The Bertz CT molecular complexity index is 164. The van der Waals surface area contributed by atoms with E-state index in [1.54, 1.807) is 0 Å². The molecule has 12 heavy (non-hydrogen) atoms. The third-order valence-electron chi connectivity index (χ3n) is 2.36. The topological polar surface area (TPSA) is 29.3 Å². The van der Waals surface area contributed by atoms with Gasteiger partial charge in [0.15, 0.2) is 5.11 Å². The molecular formula is C9H18N2S. The molecule has 0 radical (unpaired) electrons. The molecule has 1 aliphatic rings. The summed E-state index contributed by atoms with van der Waals surface area (Å²) in [5, 5.41) is 0.577. The van der Waals surface area contributed by atoms with Crippen LogP contribution in [0.2, 0.25) is 0 Å². The van der Waals surface area contributed by atoms with Crippen molar-refractivity contribution in [2.75, 3.05) is 6.54 Å². The number of nitrogens with zero attached hydrogens (tertiary/aromatic N) is 1. The van der Waals surface area contributed by atoms with Crippen molar-refractivity contribution in [1.29, 1.82) is 0 Å². The van der Waals surface area contributed by atoms with E-state index in [2.05, 4.69) is 18.7 Å². The molecule has 2 nitrogen and oxygen atoms in total. The fourth-order valence-corrected chi connectivity index (χ4v) is 1.73. The van der Waals surface area contributed by atoms with Crippen molar-refractivity contribution < 1.29 is 0 Å². The highest BCUT2D eigenvalue weighted by Crippen LogP contribution is 2.25. The van der Waals surface area contributed by atoms with E-state index >= 15 is 0 Å². The Balaban J connectivity index is 2.42. The molecule has 0 aliphatic heterocycles. The van der Waals surface area contributed by atoms with E-state index in [1.165, 1.54) is 19.3 Å². The van der Waals surface area contributed by atoms with Gasteiger partial charge in [-0.1, -0.05) is 13.8 Å². The number of hydrogen-bond acceptors (Lipinski definition) is 1. The van der Waals surface area contributed by atoms with Crippen LogP contribution in [0.4, 0.5) is 0 Å². The maximum absolute atomic E-state index is 5.65. The lowest BCUT2D eigenvalue weighted by Crippen LogP contribution is -2.48. The monoisotopic (exact) mass is 186 g/mol. The fourth-order valence-electron chi connectivity index (χ4n) is 1.51. The summed E-state index contributed by atoms with van der Waals surface area (Å²) < 4.78 is 0. The highest BCUT2D eigenvalue weighted by Gasteiger charge is 2.25. The molecule has 0 aromatic heterocycles. The predicted octanol–water partition coefficient (Wildman–Crippen LogP) is 1.74. The van der Waals surface area contributed by atoms with Gasteiger partial charge in [-0.15, -0.1) is 0 Å². The molecule has 2 N–H and O–H groups in total. The average Bonchev–Trinajstić information content (AvgIpc) is 1.80. The molecule has 0 amide bonds. The zero-order valence-electron chi connectivity index (χ0n) is 7.92. The van der Waals surface area contributed by atoms with Crippen LogP contribution in [0.1, 0.15) is 33.1 Å². The van der Waals surface area contributed by atoms with Gasteiger partial charge in [0.1, 0.15) is 0 Å². The summed E-state index contributed by atoms with van der Waals surface area (Å²) in [6.45, 7) is 5.41. The summed E-state index contributed by atoms with van der Waals surface area (Å²) in [7, 11) is 0. The van der Waals surface area contributed by atoms with E-state index in [4.69, 9.17) is 18.0 Å². The van der Waals surface area contributed by atoms with Crippen LogP contribution in [-0.4, -0.2) is 22.6 Å². The lowest BCUT2D eigenvalue weighted by molar-refractivity contribution is 0.194. The highest BCUT2D eigenvalue weighted by molar-refractivity contribution is 7.80. The number of rotatable bonds is 3. The van der Waals surface area contributed by atoms with Gasteiger partial charge in [0.2, 0.25) is 0 Å². The first-order valence-corrected chi connectivity index (χ1v) is 5.08. The van der Waals surface area contributed by atoms with Crippen LogP contribution < -0.4 is 5.73 Å². The molecule has 1 fully saturated rings. The van der Waals surface area contributed by atoms with E-state index in [0.29, 0.717) is 17.1 Å². The smallest absolute Gasteiger partial charge is 0.166 e. The summed E-state index contributed by atoms with van der Waals surface area (Å²) in [6.07, 6.45) is 3.87. The molecular weight excluding hydrogens is 168 g/mol. The van der Waals surface area contributed by atoms with Crippen molar-refractivity contribution >= 4 is 17.3 Å². The summed E-state index contributed by atoms with van der Waals surface area (Å²) >= 11 is 5.02. The maximum Gasteiger partial charge on any atom is 0.166 e. The van der Waals surface area contributed by atoms with Crippen molar-refractivity contribution in [3.63, 3.8) is 0 Å². The molecule has 0 aromatic rings. The first-order valence-electron chi connectivity index (χ1n) is 4.67. The quantitative estimate of drug-likeness (QED) is 0.681. The van der Waals surface area contributed by atoms with Crippen LogP contribution in [0.3, 0.4) is 0 Å². The second-order valence-corrected chi connectivity index (χ2v) is 4.39. The molecule has 0 saturated heterocycles. The highest BCUT2D eigenvalue weighted by atomic mass is 32.1. The van der Waals surface area contributed by atoms with Gasteiger partial charge in [-0.2, -0.15) is 0 Å². The molecule has 1 saturated carbocycles. The minimum absolute atomic E-state index is 0.577. The van der Waals surface area contributed by atoms with Gasteiger partial charge >= 0.3 is 0 Å². The third-order valence-corrected chi connectivity index (χ3v) is 2.59. The number of nitrogens with two attached hydrogens (primary N) is 1. The summed E-state index contributed by atoms with van der Waals surface area (Å²) in [5.74, 6) is 0.645. The molecule has 70 valence electrons. The molecule has 1 rings (SSSR count). The summed E-state index contributed by atoms with van der Waals surface area (Å²) in [6, 6.07) is 0.643. The van der Waals surface area contributed by atoms with E-state index in [1.807, 2.05) is 0 Å². The molecule has 0 bridgehead atoms. The Morgan fingerprint density at radius 1 is 1.58 bits per heavy atom. The molecule has 3 heteroatoms. The number of hydrogen-bond donors (Lipinski definition) is 1. The van der Waals surface area contributed by atoms with E-state index < -0.39 is 0 Å². The van der Waals surface area contributed by atoms with Crippen molar-refractivity contribution in [3.05, 3.63) is 0 Å². The van der Waals surface area contributed by atoms with Crippen LogP contribution in [0.25, 0.3) is 0 Å². The SMILES string of the molecule is CC(C)CN(C(N)=S)C1CCC1. The van der Waals surface area contributed by atoms with Gasteiger partial charge in [-0.3, -0.25) is 0 Å². The molecule has 0 aromatic carbocycles. The average molecular weight is 186 g/mol. The van der Waals surface area contributed by atoms with Gasteiger partial charge in [-0.25, -0.2) is 0 Å². The van der Waals surface area contributed by atoms with Gasteiger partial charge in [0.25, 0.3) is 0 Å². The zero-order valence-corrected chi connectivity index (χ0v) is 8.73. The largest absolute Gasteiger partial charge is 0.376 e. The molecule has 0 heterocycles. The van der Waals surface area contributed by atoms with Gasteiger partial charge in [-0.05, 0) is 37.4 Å². The first-order chi connectivity index (χ1) is 5.61. The molecule has 0 spiro atoms. The lowest BCUT2D eigenvalue weighted by atomic mass is 9.91. The molecule has 0 unspecified atom stereocenters. The Morgan fingerprint density at radius 2 is 2.17 bits per heavy atom. The lowest BCUT2D eigenvalue weighted by Gasteiger charge is -2.39. The molecule has 0 atom stereocenters. The van der Waals surface area contributed by atoms with Crippen molar-refractivity contribution in [3.8, 4) is 0 Å². The molecule has 1 aliphatic carbocycles. The van der Waals surface area contributed by atoms with E-state index in [-0.39, 0.29) is 0 Å². The third kappa shape index (κ3) is 2.34. The van der Waals surface area contributed by atoms with Crippen LogP contribution in [0, 0.1) is 5.92 Å². The second-order valence-electron chi connectivity index (χ2n) is 3.97. The van der Waals surface area contributed by atoms with Gasteiger partial charge in [0.05, 0.1) is 0 Å². The Morgan fingerprint density at radius 3 is 2.42 bits per heavy atom. The Kier molecular flexibility index (Phi) is 3.32. The summed E-state index contributed by atoms with van der Waals surface area (Å²) in [5.41, 5.74) is 5.65. The number of thiocarbonyl (C=S) groups is 1. The van der Waals surface area contributed by atoms with Crippen molar-refractivity contribution in [1.82, 2.24) is 4.90 Å². The first kappa shape index (κ1) is 9.78. The van der Waals surface area contributed by atoms with Crippen LogP contribution in [-0.2, 0) is 0 Å². The standard InChI is InChI=1S/C9H18N2S/c1-7(2)6-11(9(10)12)8-4-3-5-8/h7-8H,3-6H2,1-2H3,(H2,10,12). The predicted molar refractivity (Wildman–Crippen MR) is 56.0 cm³/mol. The van der Waals surface area contributed by atoms with Crippen LogP contribution in [0.5, 0.6) is 0 Å². The minimum atomic E-state index is 0.577. The van der Waals surface area contributed by atoms with Crippen LogP contribution >= 0.6 is 12.2 Å². The fraction of sp³-hybridized carbons (Fsp3) is 0.889. The Labute approximate surface area is 80.1 Å². The zero-order chi connectivity index (χ0) is 9.14. The summed E-state index contributed by atoms with van der Waals surface area (Å²) in [4.78, 5) is 2.18. The van der Waals surface area contributed by atoms with Gasteiger partial charge < -0.3 is 10.6 Å². The normalized spacial score (nSPS) is 17.6. The minimum Gasteiger partial charge on any atom is -0.376 e. The van der Waals surface area contributed by atoms with E-state index in [9.17, 15) is 0 Å². The maximum atomic E-state index is 5.65. The van der Waals surface area contributed by atoms with Crippen molar-refractivity contribution in [2.45, 2.75) is 39.2 Å². The Hall–Kier alpha value is -0.310. The van der Waals surface area contributed by atoms with Crippen molar-refractivity contribution in [2.24, 2.45) is 11.7 Å².